The number of rotatable bonds is 4. The van der Waals surface area contributed by atoms with Crippen LogP contribution < -0.4 is 0 Å². The van der Waals surface area contributed by atoms with Crippen LogP contribution in [0, 0.1) is 15.9 Å². The highest BCUT2D eigenvalue weighted by Gasteiger charge is 2.17. The van der Waals surface area contributed by atoms with Crippen LogP contribution >= 0.6 is 23.1 Å². The van der Waals surface area contributed by atoms with Crippen LogP contribution in [0.3, 0.4) is 0 Å². The van der Waals surface area contributed by atoms with Gasteiger partial charge in [0, 0.05) is 10.3 Å². The molecule has 0 bridgehead atoms. The number of aromatic carboxylic acids is 1. The molecule has 1 aromatic carbocycles. The molecule has 19 heavy (non-hydrogen) atoms. The lowest BCUT2D eigenvalue weighted by Gasteiger charge is -2.00. The highest BCUT2D eigenvalue weighted by molar-refractivity contribution is 7.99. The van der Waals surface area contributed by atoms with Crippen molar-refractivity contribution in [1.82, 2.24) is 0 Å². The summed E-state index contributed by atoms with van der Waals surface area (Å²) in [5.41, 5.74) is -0.340. The number of benzene rings is 1. The average Bonchev–Trinajstić information content (AvgIpc) is 2.80. The molecule has 0 unspecified atom stereocenters. The average molecular weight is 299 g/mol. The molecule has 0 spiro atoms. The van der Waals surface area contributed by atoms with E-state index in [4.69, 9.17) is 5.11 Å². The van der Waals surface area contributed by atoms with Crippen LogP contribution in [0.1, 0.15) is 9.67 Å². The summed E-state index contributed by atoms with van der Waals surface area (Å²) in [5.74, 6) is -1.74. The van der Waals surface area contributed by atoms with E-state index in [0.717, 1.165) is 35.2 Å². The summed E-state index contributed by atoms with van der Waals surface area (Å²) in [7, 11) is 0. The normalized spacial score (nSPS) is 10.4. The fourth-order valence-electron chi connectivity index (χ4n) is 1.33. The SMILES string of the molecule is O=C(O)c1cc(Sc2ccc(F)cc2[N+](=O)[O-])cs1. The van der Waals surface area contributed by atoms with Crippen molar-refractivity contribution in [3.05, 3.63) is 50.5 Å². The van der Waals surface area contributed by atoms with E-state index in [0.29, 0.717) is 4.90 Å². The lowest BCUT2D eigenvalue weighted by molar-refractivity contribution is -0.387. The predicted molar refractivity (Wildman–Crippen MR) is 68.5 cm³/mol. The molecule has 0 radical (unpaired) electrons. The molecule has 0 aliphatic heterocycles. The molecular formula is C11H6FNO4S2. The van der Waals surface area contributed by atoms with Crippen LogP contribution in [0.15, 0.2) is 39.4 Å². The van der Waals surface area contributed by atoms with Crippen LogP contribution in [0.4, 0.5) is 10.1 Å². The molecule has 0 amide bonds. The second-order valence-electron chi connectivity index (χ2n) is 3.42. The van der Waals surface area contributed by atoms with Gasteiger partial charge in [-0.15, -0.1) is 11.3 Å². The fraction of sp³-hybridized carbons (Fsp3) is 0. The minimum absolute atomic E-state index is 0.146. The lowest BCUT2D eigenvalue weighted by atomic mass is 10.3. The maximum absolute atomic E-state index is 13.0. The van der Waals surface area contributed by atoms with Crippen LogP contribution in [-0.2, 0) is 0 Å². The van der Waals surface area contributed by atoms with Crippen LogP contribution in [0.5, 0.6) is 0 Å². The third-order valence-corrected chi connectivity index (χ3v) is 4.24. The van der Waals surface area contributed by atoms with Crippen molar-refractivity contribution in [2.24, 2.45) is 0 Å². The predicted octanol–water partition coefficient (Wildman–Crippen LogP) is 3.64. The molecule has 0 saturated heterocycles. The third-order valence-electron chi connectivity index (χ3n) is 2.13. The number of thiophene rings is 1. The molecule has 2 aromatic rings. The van der Waals surface area contributed by atoms with Crippen molar-refractivity contribution in [3.8, 4) is 0 Å². The highest BCUT2D eigenvalue weighted by Crippen LogP contribution is 2.37. The maximum atomic E-state index is 13.0. The minimum atomic E-state index is -1.05. The highest BCUT2D eigenvalue weighted by atomic mass is 32.2. The Kier molecular flexibility index (Phi) is 3.82. The molecule has 1 aromatic heterocycles. The van der Waals surface area contributed by atoms with Gasteiger partial charge in [-0.25, -0.2) is 9.18 Å². The Labute approximate surface area is 114 Å². The molecule has 0 aliphatic carbocycles. The number of hydrogen-bond donors (Lipinski definition) is 1. The van der Waals surface area contributed by atoms with E-state index in [1.165, 1.54) is 12.1 Å². The summed E-state index contributed by atoms with van der Waals surface area (Å²) in [5, 5.41) is 21.2. The van der Waals surface area contributed by atoms with E-state index in [-0.39, 0.29) is 15.5 Å². The Bertz CT molecular complexity index is 656. The van der Waals surface area contributed by atoms with E-state index in [9.17, 15) is 19.3 Å². The van der Waals surface area contributed by atoms with Crippen molar-refractivity contribution >= 4 is 34.8 Å². The Morgan fingerprint density at radius 2 is 2.16 bits per heavy atom. The molecule has 1 N–H and O–H groups in total. The minimum Gasteiger partial charge on any atom is -0.477 e. The van der Waals surface area contributed by atoms with Crippen LogP contribution in [-0.4, -0.2) is 16.0 Å². The number of halogens is 1. The van der Waals surface area contributed by atoms with E-state index < -0.39 is 16.7 Å². The van der Waals surface area contributed by atoms with Crippen molar-refractivity contribution in [3.63, 3.8) is 0 Å². The molecule has 0 fully saturated rings. The van der Waals surface area contributed by atoms with Gasteiger partial charge in [0.05, 0.1) is 15.9 Å². The van der Waals surface area contributed by atoms with Gasteiger partial charge in [0.1, 0.15) is 10.7 Å². The number of nitro groups is 1. The summed E-state index contributed by atoms with van der Waals surface area (Å²) in [6.07, 6.45) is 0. The summed E-state index contributed by atoms with van der Waals surface area (Å²) >= 11 is 2.06. The summed E-state index contributed by atoms with van der Waals surface area (Å²) in [4.78, 5) is 21.8. The number of hydrogen-bond acceptors (Lipinski definition) is 5. The van der Waals surface area contributed by atoms with Crippen LogP contribution in [0.25, 0.3) is 0 Å². The van der Waals surface area contributed by atoms with Gasteiger partial charge in [-0.3, -0.25) is 10.1 Å². The van der Waals surface area contributed by atoms with Gasteiger partial charge in [-0.2, -0.15) is 0 Å². The Hall–Kier alpha value is -1.93. The molecule has 0 aliphatic rings. The van der Waals surface area contributed by atoms with Gasteiger partial charge in [0.15, 0.2) is 0 Å². The number of carboxylic acids is 1. The number of carbonyl (C=O) groups is 1. The Morgan fingerprint density at radius 3 is 2.74 bits per heavy atom. The van der Waals surface area contributed by atoms with E-state index in [1.807, 2.05) is 0 Å². The zero-order chi connectivity index (χ0) is 14.0. The number of nitrogens with zero attached hydrogens (tertiary/aromatic N) is 1. The second-order valence-corrected chi connectivity index (χ2v) is 5.45. The molecular weight excluding hydrogens is 293 g/mol. The molecule has 0 atom stereocenters. The standard InChI is InChI=1S/C11H6FNO4S2/c12-6-1-2-9(8(3-6)13(16)17)19-7-4-10(11(14)15)18-5-7/h1-5H,(H,14,15). The first-order chi connectivity index (χ1) is 8.97. The first-order valence-corrected chi connectivity index (χ1v) is 6.60. The fourth-order valence-corrected chi connectivity index (χ4v) is 3.15. The lowest BCUT2D eigenvalue weighted by Crippen LogP contribution is -1.92. The summed E-state index contributed by atoms with van der Waals surface area (Å²) in [6, 6.07) is 4.69. The molecule has 5 nitrogen and oxygen atoms in total. The van der Waals surface area contributed by atoms with E-state index in [2.05, 4.69) is 0 Å². The zero-order valence-electron chi connectivity index (χ0n) is 9.20. The van der Waals surface area contributed by atoms with E-state index in [1.54, 1.807) is 5.38 Å². The molecule has 2 rings (SSSR count). The topological polar surface area (TPSA) is 80.4 Å². The molecule has 98 valence electrons. The number of carboxylic acid groups (broad SMARTS) is 1. The third kappa shape index (κ3) is 3.09. The van der Waals surface area contributed by atoms with Gasteiger partial charge in [0.2, 0.25) is 0 Å². The number of nitro benzene ring substituents is 1. The Morgan fingerprint density at radius 1 is 1.42 bits per heavy atom. The van der Waals surface area contributed by atoms with Crippen molar-refractivity contribution in [2.45, 2.75) is 9.79 Å². The van der Waals surface area contributed by atoms with Gasteiger partial charge in [0.25, 0.3) is 5.69 Å². The van der Waals surface area contributed by atoms with Gasteiger partial charge in [-0.05, 0) is 18.2 Å². The first-order valence-electron chi connectivity index (χ1n) is 4.91. The molecule has 1 heterocycles. The van der Waals surface area contributed by atoms with Crippen molar-refractivity contribution in [1.29, 1.82) is 0 Å². The summed E-state index contributed by atoms with van der Waals surface area (Å²) < 4.78 is 13.0. The first kappa shape index (κ1) is 13.5. The van der Waals surface area contributed by atoms with Crippen molar-refractivity contribution in [2.75, 3.05) is 0 Å². The van der Waals surface area contributed by atoms with E-state index >= 15 is 0 Å². The largest absolute Gasteiger partial charge is 0.477 e. The molecule has 0 saturated carbocycles. The quantitative estimate of drug-likeness (QED) is 0.688. The Balaban J connectivity index is 2.32. The second kappa shape index (κ2) is 5.37. The van der Waals surface area contributed by atoms with Gasteiger partial charge >= 0.3 is 5.97 Å². The smallest absolute Gasteiger partial charge is 0.345 e. The monoisotopic (exact) mass is 299 g/mol. The molecule has 8 heteroatoms. The zero-order valence-corrected chi connectivity index (χ0v) is 10.8. The summed E-state index contributed by atoms with van der Waals surface area (Å²) in [6.45, 7) is 0. The van der Waals surface area contributed by atoms with Crippen molar-refractivity contribution < 1.29 is 19.2 Å². The van der Waals surface area contributed by atoms with Crippen LogP contribution in [0.2, 0.25) is 0 Å². The van der Waals surface area contributed by atoms with Gasteiger partial charge < -0.3 is 5.11 Å². The maximum Gasteiger partial charge on any atom is 0.345 e. The van der Waals surface area contributed by atoms with Gasteiger partial charge in [-0.1, -0.05) is 11.8 Å².